The summed E-state index contributed by atoms with van der Waals surface area (Å²) in [7, 11) is 1.56. The van der Waals surface area contributed by atoms with Crippen molar-refractivity contribution in [1.29, 1.82) is 5.26 Å². The average molecular weight is 246 g/mol. The molecule has 96 valence electrons. The van der Waals surface area contributed by atoms with Gasteiger partial charge in [-0.3, -0.25) is 0 Å². The molecular formula is C14H18N2O2. The van der Waals surface area contributed by atoms with E-state index in [4.69, 9.17) is 10.00 Å². The lowest BCUT2D eigenvalue weighted by molar-refractivity contribution is -0.0314. The summed E-state index contributed by atoms with van der Waals surface area (Å²) in [5, 5.41) is 22.2. The molecule has 0 amide bonds. The van der Waals surface area contributed by atoms with Crippen molar-refractivity contribution in [3.8, 4) is 11.8 Å². The number of benzene rings is 1. The summed E-state index contributed by atoms with van der Waals surface area (Å²) in [5.41, 5.74) is 1.05. The van der Waals surface area contributed by atoms with E-state index in [0.29, 0.717) is 24.4 Å². The molecule has 0 heterocycles. The number of nitrogens with one attached hydrogen (secondary N) is 1. The van der Waals surface area contributed by atoms with Gasteiger partial charge in [0.05, 0.1) is 18.3 Å². The average Bonchev–Trinajstić information content (AvgIpc) is 2.36. The summed E-state index contributed by atoms with van der Waals surface area (Å²) >= 11 is 0. The van der Waals surface area contributed by atoms with E-state index in [1.165, 1.54) is 0 Å². The number of nitrogens with zero attached hydrogens (tertiary/aromatic N) is 1. The fourth-order valence-electron chi connectivity index (χ4n) is 2.15. The molecule has 1 fully saturated rings. The Balaban J connectivity index is 1.91. The van der Waals surface area contributed by atoms with Gasteiger partial charge in [0, 0.05) is 13.1 Å². The first-order valence-electron chi connectivity index (χ1n) is 6.17. The minimum Gasteiger partial charge on any atom is -0.495 e. The topological polar surface area (TPSA) is 65.3 Å². The fourth-order valence-corrected chi connectivity index (χ4v) is 2.15. The Morgan fingerprint density at radius 3 is 2.83 bits per heavy atom. The van der Waals surface area contributed by atoms with Crippen LogP contribution in [0, 0.1) is 11.3 Å². The number of nitriles is 1. The molecule has 18 heavy (non-hydrogen) atoms. The first-order chi connectivity index (χ1) is 8.67. The van der Waals surface area contributed by atoms with Crippen LogP contribution < -0.4 is 10.1 Å². The van der Waals surface area contributed by atoms with Crippen molar-refractivity contribution in [2.75, 3.05) is 13.7 Å². The predicted octanol–water partition coefficient (Wildman–Crippen LogP) is 1.57. The number of aliphatic hydroxyl groups is 1. The molecular weight excluding hydrogens is 228 g/mol. The van der Waals surface area contributed by atoms with Gasteiger partial charge in [0.25, 0.3) is 0 Å². The number of methoxy groups -OCH3 is 1. The van der Waals surface area contributed by atoms with Gasteiger partial charge in [0.2, 0.25) is 0 Å². The third kappa shape index (κ3) is 2.81. The van der Waals surface area contributed by atoms with E-state index in [0.717, 1.165) is 24.8 Å². The van der Waals surface area contributed by atoms with E-state index in [9.17, 15) is 5.11 Å². The quantitative estimate of drug-likeness (QED) is 0.827. The Hall–Kier alpha value is -1.57. The second-order valence-electron chi connectivity index (χ2n) is 4.83. The highest BCUT2D eigenvalue weighted by Gasteiger charge is 2.33. The Labute approximate surface area is 107 Å². The van der Waals surface area contributed by atoms with E-state index >= 15 is 0 Å². The lowest BCUT2D eigenvalue weighted by Crippen LogP contribution is -2.45. The van der Waals surface area contributed by atoms with Crippen LogP contribution in [0.1, 0.15) is 30.4 Å². The maximum absolute atomic E-state index is 9.94. The van der Waals surface area contributed by atoms with Gasteiger partial charge in [0.15, 0.2) is 0 Å². The second-order valence-corrected chi connectivity index (χ2v) is 4.83. The lowest BCUT2D eigenvalue weighted by Gasteiger charge is -2.36. The predicted molar refractivity (Wildman–Crippen MR) is 68.2 cm³/mol. The maximum atomic E-state index is 9.94. The fraction of sp³-hybridized carbons (Fsp3) is 0.500. The van der Waals surface area contributed by atoms with Crippen LogP contribution in [-0.4, -0.2) is 24.4 Å². The van der Waals surface area contributed by atoms with E-state index < -0.39 is 5.60 Å². The van der Waals surface area contributed by atoms with Crippen LogP contribution in [0.5, 0.6) is 5.75 Å². The molecule has 0 spiro atoms. The molecule has 1 aliphatic rings. The summed E-state index contributed by atoms with van der Waals surface area (Å²) in [5.74, 6) is 0.596. The van der Waals surface area contributed by atoms with Gasteiger partial charge in [0.1, 0.15) is 11.8 Å². The van der Waals surface area contributed by atoms with Crippen molar-refractivity contribution in [2.24, 2.45) is 0 Å². The highest BCUT2D eigenvalue weighted by atomic mass is 16.5. The molecule has 0 radical (unpaired) electrons. The number of rotatable bonds is 5. The van der Waals surface area contributed by atoms with Gasteiger partial charge in [-0.25, -0.2) is 0 Å². The Morgan fingerprint density at radius 2 is 2.28 bits per heavy atom. The molecule has 0 aliphatic heterocycles. The molecule has 2 rings (SSSR count). The molecule has 0 unspecified atom stereocenters. The molecule has 0 aromatic heterocycles. The minimum absolute atomic E-state index is 0.509. The maximum Gasteiger partial charge on any atom is 0.136 e. The van der Waals surface area contributed by atoms with Crippen molar-refractivity contribution in [3.63, 3.8) is 0 Å². The van der Waals surface area contributed by atoms with Crippen molar-refractivity contribution in [3.05, 3.63) is 29.3 Å². The molecule has 0 atom stereocenters. The molecule has 2 N–H and O–H groups in total. The summed E-state index contributed by atoms with van der Waals surface area (Å²) in [6, 6.07) is 7.66. The smallest absolute Gasteiger partial charge is 0.136 e. The van der Waals surface area contributed by atoms with E-state index in [1.807, 2.05) is 12.1 Å². The molecule has 0 bridgehead atoms. The zero-order valence-electron chi connectivity index (χ0n) is 10.6. The summed E-state index contributed by atoms with van der Waals surface area (Å²) in [6.07, 6.45) is 2.87. The largest absolute Gasteiger partial charge is 0.495 e. The molecule has 0 saturated heterocycles. The third-order valence-corrected chi connectivity index (χ3v) is 3.45. The Kier molecular flexibility index (Phi) is 3.85. The van der Waals surface area contributed by atoms with Crippen LogP contribution in [0.3, 0.4) is 0 Å². The van der Waals surface area contributed by atoms with Crippen molar-refractivity contribution >= 4 is 0 Å². The number of hydrogen-bond donors (Lipinski definition) is 2. The molecule has 1 aromatic carbocycles. The van der Waals surface area contributed by atoms with Crippen LogP contribution in [-0.2, 0) is 6.54 Å². The SMILES string of the molecule is COc1ccc(CNCC2(O)CCC2)cc1C#N. The van der Waals surface area contributed by atoms with E-state index in [1.54, 1.807) is 13.2 Å². The highest BCUT2D eigenvalue weighted by molar-refractivity contribution is 5.45. The van der Waals surface area contributed by atoms with Crippen molar-refractivity contribution in [1.82, 2.24) is 5.32 Å². The Bertz CT molecular complexity index is 461. The molecule has 1 saturated carbocycles. The zero-order valence-corrected chi connectivity index (χ0v) is 10.6. The molecule has 4 heteroatoms. The van der Waals surface area contributed by atoms with Gasteiger partial charge < -0.3 is 15.2 Å². The van der Waals surface area contributed by atoms with Gasteiger partial charge in [-0.1, -0.05) is 6.07 Å². The van der Waals surface area contributed by atoms with Crippen LogP contribution in [0.4, 0.5) is 0 Å². The highest BCUT2D eigenvalue weighted by Crippen LogP contribution is 2.30. The normalized spacial score (nSPS) is 16.7. The van der Waals surface area contributed by atoms with Gasteiger partial charge >= 0.3 is 0 Å². The van der Waals surface area contributed by atoms with Gasteiger partial charge in [-0.2, -0.15) is 5.26 Å². The van der Waals surface area contributed by atoms with Gasteiger partial charge in [-0.05, 0) is 37.0 Å². The summed E-state index contributed by atoms with van der Waals surface area (Å²) < 4.78 is 5.09. The molecule has 4 nitrogen and oxygen atoms in total. The van der Waals surface area contributed by atoms with E-state index in [-0.39, 0.29) is 0 Å². The van der Waals surface area contributed by atoms with E-state index in [2.05, 4.69) is 11.4 Å². The van der Waals surface area contributed by atoms with Crippen molar-refractivity contribution in [2.45, 2.75) is 31.4 Å². The monoisotopic (exact) mass is 246 g/mol. The first-order valence-corrected chi connectivity index (χ1v) is 6.17. The Morgan fingerprint density at radius 1 is 1.50 bits per heavy atom. The number of ether oxygens (including phenoxy) is 1. The van der Waals surface area contributed by atoms with Crippen LogP contribution in [0.25, 0.3) is 0 Å². The van der Waals surface area contributed by atoms with Crippen molar-refractivity contribution < 1.29 is 9.84 Å². The zero-order chi connectivity index (χ0) is 13.0. The molecule has 1 aromatic rings. The van der Waals surface area contributed by atoms with Crippen LogP contribution in [0.15, 0.2) is 18.2 Å². The van der Waals surface area contributed by atoms with Gasteiger partial charge in [-0.15, -0.1) is 0 Å². The van der Waals surface area contributed by atoms with Crippen LogP contribution in [0.2, 0.25) is 0 Å². The standard InChI is InChI=1S/C14H18N2O2/c1-18-13-4-3-11(7-12(13)8-15)9-16-10-14(17)5-2-6-14/h3-4,7,16-17H,2,5-6,9-10H2,1H3. The third-order valence-electron chi connectivity index (χ3n) is 3.45. The lowest BCUT2D eigenvalue weighted by atomic mass is 9.80. The minimum atomic E-state index is -0.509. The second kappa shape index (κ2) is 5.38. The summed E-state index contributed by atoms with van der Waals surface area (Å²) in [4.78, 5) is 0. The number of hydrogen-bond acceptors (Lipinski definition) is 4. The summed E-state index contributed by atoms with van der Waals surface area (Å²) in [6.45, 7) is 1.27. The first kappa shape index (κ1) is 12.9. The van der Waals surface area contributed by atoms with Crippen LogP contribution >= 0.6 is 0 Å². The molecule has 1 aliphatic carbocycles.